The van der Waals surface area contributed by atoms with Gasteiger partial charge < -0.3 is 15.6 Å². The molecule has 3 N–H and O–H groups in total. The molecule has 0 spiro atoms. The van der Waals surface area contributed by atoms with Crippen molar-refractivity contribution in [1.82, 2.24) is 0 Å². The quantitative estimate of drug-likeness (QED) is 0.808. The van der Waals surface area contributed by atoms with Crippen LogP contribution in [0.3, 0.4) is 0 Å². The van der Waals surface area contributed by atoms with Gasteiger partial charge in [-0.25, -0.2) is 0 Å². The summed E-state index contributed by atoms with van der Waals surface area (Å²) in [5.41, 5.74) is 7.69. The zero-order chi connectivity index (χ0) is 10.8. The van der Waals surface area contributed by atoms with Crippen molar-refractivity contribution >= 4 is 11.6 Å². The normalized spacial score (nSPS) is 16.7. The largest absolute Gasteiger partial charge is 0.493 e. The Balaban J connectivity index is 2.47. The average Bonchev–Trinajstić information content (AvgIpc) is 2.26. The third-order valence-electron chi connectivity index (χ3n) is 2.59. The number of hydrogen-bond acceptors (Lipinski definition) is 3. The number of ether oxygens (including phenoxy) is 1. The van der Waals surface area contributed by atoms with Crippen LogP contribution >= 0.6 is 11.6 Å². The maximum Gasteiger partial charge on any atom is 0.127 e. The van der Waals surface area contributed by atoms with E-state index in [9.17, 15) is 0 Å². The molecular weight excluding hydrogens is 214 g/mol. The molecule has 1 aromatic carbocycles. The molecule has 1 heterocycles. The Labute approximate surface area is 93.8 Å². The number of aliphatic hydroxyl groups excluding tert-OH is 1. The van der Waals surface area contributed by atoms with Crippen LogP contribution in [0.4, 0.5) is 0 Å². The summed E-state index contributed by atoms with van der Waals surface area (Å²) < 4.78 is 5.58. The highest BCUT2D eigenvalue weighted by molar-refractivity contribution is 6.30. The van der Waals surface area contributed by atoms with Crippen molar-refractivity contribution in [3.8, 4) is 5.75 Å². The molecule has 0 fully saturated rings. The maximum atomic E-state index is 9.06. The second-order valence-corrected chi connectivity index (χ2v) is 4.16. The number of fused-ring (bicyclic) bond motifs is 1. The van der Waals surface area contributed by atoms with E-state index < -0.39 is 6.04 Å². The molecule has 1 unspecified atom stereocenters. The van der Waals surface area contributed by atoms with Gasteiger partial charge in [0, 0.05) is 10.6 Å². The van der Waals surface area contributed by atoms with E-state index in [1.54, 1.807) is 6.07 Å². The molecule has 3 nitrogen and oxygen atoms in total. The molecule has 4 heteroatoms. The van der Waals surface area contributed by atoms with Crippen molar-refractivity contribution in [2.45, 2.75) is 18.9 Å². The summed E-state index contributed by atoms with van der Waals surface area (Å²) in [5.74, 6) is 0.812. The predicted octanol–water partition coefficient (Wildman–Crippen LogP) is 1.66. The van der Waals surface area contributed by atoms with Gasteiger partial charge in [-0.15, -0.1) is 0 Å². The van der Waals surface area contributed by atoms with Crippen molar-refractivity contribution < 1.29 is 9.84 Å². The highest BCUT2D eigenvalue weighted by Gasteiger charge is 2.19. The summed E-state index contributed by atoms with van der Waals surface area (Å²) in [6, 6.07) is 3.26. The lowest BCUT2D eigenvalue weighted by Gasteiger charge is -2.23. The van der Waals surface area contributed by atoms with Crippen LogP contribution in [0.5, 0.6) is 5.75 Å². The van der Waals surface area contributed by atoms with E-state index in [0.29, 0.717) is 11.6 Å². The van der Waals surface area contributed by atoms with Gasteiger partial charge >= 0.3 is 0 Å². The summed E-state index contributed by atoms with van der Waals surface area (Å²) >= 11 is 5.99. The average molecular weight is 228 g/mol. The fourth-order valence-corrected chi connectivity index (χ4v) is 2.09. The highest BCUT2D eigenvalue weighted by atomic mass is 35.5. The molecule has 0 radical (unpaired) electrons. The number of halogens is 1. The first-order valence-corrected chi connectivity index (χ1v) is 5.41. The molecule has 0 saturated heterocycles. The van der Waals surface area contributed by atoms with Crippen LogP contribution in [0.15, 0.2) is 12.1 Å². The third kappa shape index (κ3) is 2.09. The van der Waals surface area contributed by atoms with Crippen LogP contribution in [-0.2, 0) is 6.42 Å². The molecule has 0 amide bonds. The number of aliphatic hydroxyl groups is 1. The topological polar surface area (TPSA) is 55.5 Å². The Kier molecular flexibility index (Phi) is 3.14. The zero-order valence-corrected chi connectivity index (χ0v) is 9.13. The Hall–Kier alpha value is -0.770. The number of benzene rings is 1. The molecule has 0 aliphatic carbocycles. The van der Waals surface area contributed by atoms with Gasteiger partial charge in [-0.2, -0.15) is 0 Å². The Morgan fingerprint density at radius 1 is 1.53 bits per heavy atom. The summed E-state index contributed by atoms with van der Waals surface area (Å²) in [7, 11) is 0. The van der Waals surface area contributed by atoms with Crippen LogP contribution in [0.25, 0.3) is 0 Å². The smallest absolute Gasteiger partial charge is 0.127 e. The minimum atomic E-state index is -0.421. The standard InChI is InChI=1S/C11H14ClNO2/c12-8-4-7-2-1-3-15-11(7)9(5-8)10(13)6-14/h4-5,10,14H,1-3,6,13H2. The van der Waals surface area contributed by atoms with Crippen LogP contribution < -0.4 is 10.5 Å². The monoisotopic (exact) mass is 227 g/mol. The number of aryl methyl sites for hydroxylation is 1. The lowest BCUT2D eigenvalue weighted by atomic mass is 9.98. The van der Waals surface area contributed by atoms with Gasteiger partial charge in [0.2, 0.25) is 0 Å². The van der Waals surface area contributed by atoms with E-state index >= 15 is 0 Å². The number of hydrogen-bond donors (Lipinski definition) is 2. The van der Waals surface area contributed by atoms with E-state index in [4.69, 9.17) is 27.2 Å². The first-order valence-electron chi connectivity index (χ1n) is 5.04. The minimum absolute atomic E-state index is 0.101. The minimum Gasteiger partial charge on any atom is -0.493 e. The van der Waals surface area contributed by atoms with Gasteiger partial charge in [-0.3, -0.25) is 0 Å². The van der Waals surface area contributed by atoms with Crippen LogP contribution in [-0.4, -0.2) is 18.3 Å². The molecule has 1 aliphatic heterocycles. The van der Waals surface area contributed by atoms with Crippen molar-refractivity contribution in [2.75, 3.05) is 13.2 Å². The third-order valence-corrected chi connectivity index (χ3v) is 2.81. The SMILES string of the molecule is NC(CO)c1cc(Cl)cc2c1OCCC2. The molecular formula is C11H14ClNO2. The number of nitrogens with two attached hydrogens (primary N) is 1. The van der Waals surface area contributed by atoms with Gasteiger partial charge in [0.25, 0.3) is 0 Å². The van der Waals surface area contributed by atoms with E-state index in [1.807, 2.05) is 6.07 Å². The van der Waals surface area contributed by atoms with Crippen LogP contribution in [0, 0.1) is 0 Å². The lowest BCUT2D eigenvalue weighted by Crippen LogP contribution is -2.19. The Morgan fingerprint density at radius 3 is 3.07 bits per heavy atom. The van der Waals surface area contributed by atoms with Gasteiger partial charge in [0.1, 0.15) is 5.75 Å². The molecule has 1 aliphatic rings. The van der Waals surface area contributed by atoms with Crippen molar-refractivity contribution in [3.63, 3.8) is 0 Å². The van der Waals surface area contributed by atoms with E-state index in [2.05, 4.69) is 0 Å². The predicted molar refractivity (Wildman–Crippen MR) is 59.3 cm³/mol. The zero-order valence-electron chi connectivity index (χ0n) is 8.37. The summed E-state index contributed by atoms with van der Waals surface area (Å²) in [6.45, 7) is 0.607. The van der Waals surface area contributed by atoms with Gasteiger partial charge in [-0.05, 0) is 30.5 Å². The molecule has 1 aromatic rings. The van der Waals surface area contributed by atoms with Gasteiger partial charge in [0.15, 0.2) is 0 Å². The molecule has 2 rings (SSSR count). The maximum absolute atomic E-state index is 9.06. The van der Waals surface area contributed by atoms with E-state index in [0.717, 1.165) is 29.7 Å². The lowest BCUT2D eigenvalue weighted by molar-refractivity contribution is 0.253. The Morgan fingerprint density at radius 2 is 2.33 bits per heavy atom. The van der Waals surface area contributed by atoms with Crippen LogP contribution in [0.1, 0.15) is 23.6 Å². The molecule has 1 atom stereocenters. The molecule has 15 heavy (non-hydrogen) atoms. The second-order valence-electron chi connectivity index (χ2n) is 3.72. The van der Waals surface area contributed by atoms with E-state index in [1.165, 1.54) is 0 Å². The van der Waals surface area contributed by atoms with Gasteiger partial charge in [0.05, 0.1) is 19.3 Å². The van der Waals surface area contributed by atoms with Crippen molar-refractivity contribution in [3.05, 3.63) is 28.3 Å². The highest BCUT2D eigenvalue weighted by Crippen LogP contribution is 2.34. The van der Waals surface area contributed by atoms with Crippen molar-refractivity contribution in [2.24, 2.45) is 5.73 Å². The molecule has 0 saturated carbocycles. The summed E-state index contributed by atoms with van der Waals surface area (Å²) in [5, 5.41) is 9.71. The second kappa shape index (κ2) is 4.39. The van der Waals surface area contributed by atoms with Crippen molar-refractivity contribution in [1.29, 1.82) is 0 Å². The number of rotatable bonds is 2. The van der Waals surface area contributed by atoms with E-state index in [-0.39, 0.29) is 6.61 Å². The Bertz CT molecular complexity index is 368. The molecule has 0 bridgehead atoms. The summed E-state index contributed by atoms with van der Waals surface area (Å²) in [6.07, 6.45) is 1.96. The summed E-state index contributed by atoms with van der Waals surface area (Å²) in [4.78, 5) is 0. The fraction of sp³-hybridized carbons (Fsp3) is 0.455. The molecule has 82 valence electrons. The molecule has 0 aromatic heterocycles. The van der Waals surface area contributed by atoms with Crippen LogP contribution in [0.2, 0.25) is 5.02 Å². The van der Waals surface area contributed by atoms with Gasteiger partial charge in [-0.1, -0.05) is 11.6 Å². The fourth-order valence-electron chi connectivity index (χ4n) is 1.85. The first kappa shape index (κ1) is 10.7. The first-order chi connectivity index (χ1) is 7.22.